The van der Waals surface area contributed by atoms with Gasteiger partial charge in [-0.2, -0.15) is 5.10 Å². The molecule has 1 heterocycles. The molecule has 0 saturated carbocycles. The van der Waals surface area contributed by atoms with Crippen molar-refractivity contribution in [2.45, 2.75) is 19.5 Å². The van der Waals surface area contributed by atoms with Crippen LogP contribution in [0.2, 0.25) is 0 Å². The van der Waals surface area contributed by atoms with Crippen LogP contribution in [0.4, 0.5) is 4.79 Å². The molecule has 1 unspecified atom stereocenters. The first-order valence-corrected chi connectivity index (χ1v) is 5.20. The lowest BCUT2D eigenvalue weighted by atomic mass is 10.3. The predicted molar refractivity (Wildman–Crippen MR) is 60.5 cm³/mol. The standard InChI is InChI=1S/C10H16N4O3/c1-8(6-14-5-3-4-11-14)12-10(17)13(2)7-9(15)16/h3-5,8H,6-7H2,1-2H3,(H,12,17)(H,15,16). The molecule has 0 aliphatic heterocycles. The summed E-state index contributed by atoms with van der Waals surface area (Å²) in [6.07, 6.45) is 3.45. The molecular formula is C10H16N4O3. The number of carboxylic acids is 1. The van der Waals surface area contributed by atoms with Crippen molar-refractivity contribution in [1.29, 1.82) is 0 Å². The smallest absolute Gasteiger partial charge is 0.323 e. The predicted octanol–water partition coefficient (Wildman–Crippen LogP) is -0.00240. The van der Waals surface area contributed by atoms with Gasteiger partial charge in [-0.3, -0.25) is 9.48 Å². The molecule has 1 aromatic rings. The Hall–Kier alpha value is -2.05. The van der Waals surface area contributed by atoms with Crippen LogP contribution in [0.15, 0.2) is 18.5 Å². The maximum atomic E-state index is 11.5. The first-order chi connectivity index (χ1) is 7.99. The second-order valence-electron chi connectivity index (χ2n) is 3.83. The molecule has 1 atom stereocenters. The summed E-state index contributed by atoms with van der Waals surface area (Å²) in [6, 6.07) is 1.26. The molecule has 2 N–H and O–H groups in total. The Kier molecular flexibility index (Phi) is 4.50. The van der Waals surface area contributed by atoms with Crippen LogP contribution >= 0.6 is 0 Å². The second-order valence-corrected chi connectivity index (χ2v) is 3.83. The molecule has 17 heavy (non-hydrogen) atoms. The number of rotatable bonds is 5. The van der Waals surface area contributed by atoms with Crippen LogP contribution in [0.3, 0.4) is 0 Å². The SMILES string of the molecule is CC(Cn1cccn1)NC(=O)N(C)CC(=O)O. The number of carbonyl (C=O) groups excluding carboxylic acids is 1. The normalized spacial score (nSPS) is 11.9. The van der Waals surface area contributed by atoms with Crippen molar-refractivity contribution in [3.05, 3.63) is 18.5 Å². The summed E-state index contributed by atoms with van der Waals surface area (Å²) in [6.45, 7) is 2.05. The van der Waals surface area contributed by atoms with Crippen molar-refractivity contribution in [3.8, 4) is 0 Å². The zero-order valence-corrected chi connectivity index (χ0v) is 9.83. The Bertz CT molecular complexity index is 377. The van der Waals surface area contributed by atoms with E-state index in [1.807, 2.05) is 6.92 Å². The largest absolute Gasteiger partial charge is 0.480 e. The van der Waals surface area contributed by atoms with Gasteiger partial charge < -0.3 is 15.3 Å². The summed E-state index contributed by atoms with van der Waals surface area (Å²) in [5.41, 5.74) is 0. The van der Waals surface area contributed by atoms with E-state index in [2.05, 4.69) is 10.4 Å². The first-order valence-electron chi connectivity index (χ1n) is 5.20. The fourth-order valence-corrected chi connectivity index (χ4v) is 1.33. The topological polar surface area (TPSA) is 87.5 Å². The Balaban J connectivity index is 2.37. The maximum absolute atomic E-state index is 11.5. The minimum atomic E-state index is -1.04. The van der Waals surface area contributed by atoms with E-state index in [1.165, 1.54) is 7.05 Å². The summed E-state index contributed by atoms with van der Waals surface area (Å²) in [5.74, 6) is -1.04. The van der Waals surface area contributed by atoms with Crippen molar-refractivity contribution in [1.82, 2.24) is 20.0 Å². The lowest BCUT2D eigenvalue weighted by Crippen LogP contribution is -2.45. The number of aliphatic carboxylic acids is 1. The van der Waals surface area contributed by atoms with Crippen molar-refractivity contribution in [3.63, 3.8) is 0 Å². The number of hydrogen-bond donors (Lipinski definition) is 2. The van der Waals surface area contributed by atoms with Crippen LogP contribution in [0.25, 0.3) is 0 Å². The van der Waals surface area contributed by atoms with Crippen molar-refractivity contribution in [2.24, 2.45) is 0 Å². The quantitative estimate of drug-likeness (QED) is 0.758. The summed E-state index contributed by atoms with van der Waals surface area (Å²) in [4.78, 5) is 23.1. The van der Waals surface area contributed by atoms with Crippen LogP contribution in [0.1, 0.15) is 6.92 Å². The van der Waals surface area contributed by atoms with E-state index >= 15 is 0 Å². The lowest BCUT2D eigenvalue weighted by molar-refractivity contribution is -0.137. The number of amides is 2. The van der Waals surface area contributed by atoms with Crippen molar-refractivity contribution >= 4 is 12.0 Å². The molecule has 0 aliphatic rings. The first kappa shape index (κ1) is 13.0. The second kappa shape index (κ2) is 5.88. The number of aromatic nitrogens is 2. The molecule has 0 fully saturated rings. The molecule has 7 nitrogen and oxygen atoms in total. The Morgan fingerprint density at radius 3 is 2.82 bits per heavy atom. The molecule has 7 heteroatoms. The fraction of sp³-hybridized carbons (Fsp3) is 0.500. The molecular weight excluding hydrogens is 224 g/mol. The van der Waals surface area contributed by atoms with E-state index < -0.39 is 12.0 Å². The monoisotopic (exact) mass is 240 g/mol. The highest BCUT2D eigenvalue weighted by Crippen LogP contribution is 1.92. The van der Waals surface area contributed by atoms with E-state index in [1.54, 1.807) is 23.1 Å². The van der Waals surface area contributed by atoms with Gasteiger partial charge in [0.15, 0.2) is 0 Å². The molecule has 0 bridgehead atoms. The van der Waals surface area contributed by atoms with Crippen molar-refractivity contribution < 1.29 is 14.7 Å². The molecule has 0 radical (unpaired) electrons. The summed E-state index contributed by atoms with van der Waals surface area (Å²) in [5, 5.41) is 15.2. The van der Waals surface area contributed by atoms with Crippen LogP contribution in [-0.4, -0.2) is 51.4 Å². The molecule has 0 aromatic carbocycles. The number of nitrogens with zero attached hydrogens (tertiary/aromatic N) is 3. The zero-order chi connectivity index (χ0) is 12.8. The van der Waals surface area contributed by atoms with Gasteiger partial charge in [-0.25, -0.2) is 4.79 Å². The minimum Gasteiger partial charge on any atom is -0.480 e. The lowest BCUT2D eigenvalue weighted by Gasteiger charge is -2.19. The molecule has 0 spiro atoms. The number of hydrogen-bond acceptors (Lipinski definition) is 3. The number of carboxylic acid groups (broad SMARTS) is 1. The van der Waals surface area contributed by atoms with Gasteiger partial charge in [0.25, 0.3) is 0 Å². The molecule has 0 aliphatic carbocycles. The van der Waals surface area contributed by atoms with Crippen LogP contribution < -0.4 is 5.32 Å². The zero-order valence-electron chi connectivity index (χ0n) is 9.83. The van der Waals surface area contributed by atoms with Gasteiger partial charge in [-0.1, -0.05) is 0 Å². The average Bonchev–Trinajstić information content (AvgIpc) is 2.68. The maximum Gasteiger partial charge on any atom is 0.323 e. The van der Waals surface area contributed by atoms with E-state index in [-0.39, 0.29) is 12.6 Å². The third-order valence-corrected chi connectivity index (χ3v) is 2.11. The van der Waals surface area contributed by atoms with Crippen LogP contribution in [-0.2, 0) is 11.3 Å². The fourth-order valence-electron chi connectivity index (χ4n) is 1.33. The van der Waals surface area contributed by atoms with Gasteiger partial charge >= 0.3 is 12.0 Å². The summed E-state index contributed by atoms with van der Waals surface area (Å²) < 4.78 is 1.70. The van der Waals surface area contributed by atoms with Gasteiger partial charge in [0.05, 0.1) is 6.54 Å². The summed E-state index contributed by atoms with van der Waals surface area (Å²) >= 11 is 0. The number of carbonyl (C=O) groups is 2. The third-order valence-electron chi connectivity index (χ3n) is 2.11. The number of nitrogens with one attached hydrogen (secondary N) is 1. The van der Waals surface area contributed by atoms with Crippen LogP contribution in [0, 0.1) is 0 Å². The van der Waals surface area contributed by atoms with Gasteiger partial charge in [0.1, 0.15) is 6.54 Å². The highest BCUT2D eigenvalue weighted by molar-refractivity contribution is 5.79. The highest BCUT2D eigenvalue weighted by atomic mass is 16.4. The van der Waals surface area contributed by atoms with Crippen molar-refractivity contribution in [2.75, 3.05) is 13.6 Å². The Morgan fingerprint density at radius 1 is 1.59 bits per heavy atom. The third kappa shape index (κ3) is 4.54. The summed E-state index contributed by atoms with van der Waals surface area (Å²) in [7, 11) is 1.43. The van der Waals surface area contributed by atoms with Gasteiger partial charge in [-0.05, 0) is 13.0 Å². The van der Waals surface area contributed by atoms with Gasteiger partial charge in [-0.15, -0.1) is 0 Å². The minimum absolute atomic E-state index is 0.126. The molecule has 94 valence electrons. The molecule has 2 amide bonds. The van der Waals surface area contributed by atoms with E-state index in [0.29, 0.717) is 6.54 Å². The number of likely N-dealkylation sites (N-methyl/N-ethyl adjacent to an activating group) is 1. The molecule has 0 saturated heterocycles. The van der Waals surface area contributed by atoms with E-state index in [4.69, 9.17) is 5.11 Å². The Morgan fingerprint density at radius 2 is 2.29 bits per heavy atom. The number of urea groups is 1. The van der Waals surface area contributed by atoms with Gasteiger partial charge in [0.2, 0.25) is 0 Å². The van der Waals surface area contributed by atoms with E-state index in [9.17, 15) is 9.59 Å². The van der Waals surface area contributed by atoms with E-state index in [0.717, 1.165) is 4.90 Å². The Labute approximate surface area is 99.0 Å². The highest BCUT2D eigenvalue weighted by Gasteiger charge is 2.14. The van der Waals surface area contributed by atoms with Crippen LogP contribution in [0.5, 0.6) is 0 Å². The van der Waals surface area contributed by atoms with Gasteiger partial charge in [0, 0.05) is 25.5 Å². The average molecular weight is 240 g/mol. The molecule has 1 rings (SSSR count). The molecule has 1 aromatic heterocycles.